The average molecular weight is 321 g/mol. The van der Waals surface area contributed by atoms with E-state index in [2.05, 4.69) is 21.2 Å². The van der Waals surface area contributed by atoms with E-state index >= 15 is 0 Å². The molecule has 0 saturated carbocycles. The van der Waals surface area contributed by atoms with Crippen molar-refractivity contribution in [3.63, 3.8) is 0 Å². The molecule has 5 heteroatoms. The van der Waals surface area contributed by atoms with Crippen LogP contribution in [0.1, 0.15) is 5.56 Å². The molecule has 0 fully saturated rings. The van der Waals surface area contributed by atoms with E-state index < -0.39 is 0 Å². The zero-order chi connectivity index (χ0) is 11.5. The Bertz CT molecular complexity index is 500. The summed E-state index contributed by atoms with van der Waals surface area (Å²) in [6.45, 7) is 0.598. The minimum Gasteiger partial charge on any atom is -0.379 e. The van der Waals surface area contributed by atoms with Gasteiger partial charge in [0.2, 0.25) is 0 Å². The van der Waals surface area contributed by atoms with Crippen molar-refractivity contribution >= 4 is 44.6 Å². The molecule has 1 N–H and O–H groups in total. The maximum absolute atomic E-state index is 13.4. The van der Waals surface area contributed by atoms with Gasteiger partial charge in [0.05, 0.1) is 9.47 Å². The Morgan fingerprint density at radius 1 is 1.38 bits per heavy atom. The quantitative estimate of drug-likeness (QED) is 0.847. The van der Waals surface area contributed by atoms with Crippen LogP contribution in [0.3, 0.4) is 0 Å². The maximum Gasteiger partial charge on any atom is 0.147 e. The van der Waals surface area contributed by atoms with Gasteiger partial charge in [-0.25, -0.2) is 4.39 Å². The van der Waals surface area contributed by atoms with E-state index in [0.29, 0.717) is 17.3 Å². The zero-order valence-corrected chi connectivity index (χ0v) is 11.3. The summed E-state index contributed by atoms with van der Waals surface area (Å²) in [6.07, 6.45) is 0. The first-order valence-corrected chi connectivity index (χ1v) is 6.62. The SMILES string of the molecule is Fc1cc(Cl)ccc1NCc1csc(Br)c1. The summed E-state index contributed by atoms with van der Waals surface area (Å²) in [6, 6.07) is 6.61. The van der Waals surface area contributed by atoms with Crippen LogP contribution in [0.5, 0.6) is 0 Å². The summed E-state index contributed by atoms with van der Waals surface area (Å²) in [5.74, 6) is -0.332. The van der Waals surface area contributed by atoms with Gasteiger partial charge in [-0.05, 0) is 51.1 Å². The van der Waals surface area contributed by atoms with E-state index in [1.54, 1.807) is 23.5 Å². The van der Waals surface area contributed by atoms with Crippen molar-refractivity contribution in [2.24, 2.45) is 0 Å². The van der Waals surface area contributed by atoms with E-state index in [0.717, 1.165) is 9.35 Å². The fraction of sp³-hybridized carbons (Fsp3) is 0.0909. The summed E-state index contributed by atoms with van der Waals surface area (Å²) >= 11 is 10.7. The van der Waals surface area contributed by atoms with Crippen molar-refractivity contribution < 1.29 is 4.39 Å². The van der Waals surface area contributed by atoms with Crippen LogP contribution in [-0.2, 0) is 6.54 Å². The predicted octanol–water partition coefficient (Wildman–Crippen LogP) is 4.92. The zero-order valence-electron chi connectivity index (χ0n) is 8.14. The summed E-state index contributed by atoms with van der Waals surface area (Å²) in [5, 5.41) is 5.44. The highest BCUT2D eigenvalue weighted by atomic mass is 79.9. The third kappa shape index (κ3) is 2.97. The second-order valence-corrected chi connectivity index (χ2v) is 5.96. The van der Waals surface area contributed by atoms with Crippen molar-refractivity contribution in [2.75, 3.05) is 5.32 Å². The third-order valence-corrected chi connectivity index (χ3v) is 3.82. The lowest BCUT2D eigenvalue weighted by atomic mass is 10.3. The molecule has 0 radical (unpaired) electrons. The van der Waals surface area contributed by atoms with Crippen LogP contribution in [0, 0.1) is 5.82 Å². The molecule has 0 spiro atoms. The van der Waals surface area contributed by atoms with Crippen LogP contribution in [0.2, 0.25) is 5.02 Å². The van der Waals surface area contributed by atoms with Crippen molar-refractivity contribution in [1.82, 2.24) is 0 Å². The van der Waals surface area contributed by atoms with E-state index in [1.165, 1.54) is 6.07 Å². The minimum absolute atomic E-state index is 0.332. The van der Waals surface area contributed by atoms with Gasteiger partial charge in [0.25, 0.3) is 0 Å². The van der Waals surface area contributed by atoms with E-state index in [1.807, 2.05) is 11.4 Å². The summed E-state index contributed by atoms with van der Waals surface area (Å²) in [4.78, 5) is 0. The van der Waals surface area contributed by atoms with E-state index in [-0.39, 0.29) is 5.82 Å². The van der Waals surface area contributed by atoms with Crippen LogP contribution in [0.25, 0.3) is 0 Å². The maximum atomic E-state index is 13.4. The molecule has 0 unspecified atom stereocenters. The van der Waals surface area contributed by atoms with Crippen LogP contribution in [0.15, 0.2) is 33.4 Å². The van der Waals surface area contributed by atoms with Gasteiger partial charge in [0, 0.05) is 11.6 Å². The molecular weight excluding hydrogens is 313 g/mol. The van der Waals surface area contributed by atoms with Crippen LogP contribution in [0.4, 0.5) is 10.1 Å². The molecule has 1 heterocycles. The summed E-state index contributed by atoms with van der Waals surface area (Å²) in [5.41, 5.74) is 1.58. The number of thiophene rings is 1. The Morgan fingerprint density at radius 2 is 2.19 bits per heavy atom. The highest BCUT2D eigenvalue weighted by Gasteiger charge is 2.03. The van der Waals surface area contributed by atoms with Crippen LogP contribution >= 0.6 is 38.9 Å². The standard InChI is InChI=1S/C11H8BrClFNS/c12-11-3-7(6-16-11)5-15-10-2-1-8(13)4-9(10)14/h1-4,6,15H,5H2. The molecule has 0 amide bonds. The largest absolute Gasteiger partial charge is 0.379 e. The number of benzene rings is 1. The van der Waals surface area contributed by atoms with Crippen molar-refractivity contribution in [3.8, 4) is 0 Å². The van der Waals surface area contributed by atoms with Crippen molar-refractivity contribution in [3.05, 3.63) is 49.8 Å². The molecule has 0 aliphatic rings. The molecule has 2 aromatic rings. The Balaban J connectivity index is 2.04. The smallest absolute Gasteiger partial charge is 0.147 e. The highest BCUT2D eigenvalue weighted by Crippen LogP contribution is 2.23. The van der Waals surface area contributed by atoms with Gasteiger partial charge in [-0.15, -0.1) is 11.3 Å². The Morgan fingerprint density at radius 3 is 2.81 bits per heavy atom. The van der Waals surface area contributed by atoms with Gasteiger partial charge in [0.1, 0.15) is 5.82 Å². The topological polar surface area (TPSA) is 12.0 Å². The first-order valence-electron chi connectivity index (χ1n) is 4.57. The average Bonchev–Trinajstić information content (AvgIpc) is 2.63. The molecule has 0 atom stereocenters. The van der Waals surface area contributed by atoms with Gasteiger partial charge in [-0.1, -0.05) is 11.6 Å². The molecule has 1 aromatic carbocycles. The van der Waals surface area contributed by atoms with Gasteiger partial charge in [-0.3, -0.25) is 0 Å². The molecule has 2 rings (SSSR count). The van der Waals surface area contributed by atoms with Gasteiger partial charge in [-0.2, -0.15) is 0 Å². The Kier molecular flexibility index (Phi) is 3.84. The number of hydrogen-bond donors (Lipinski definition) is 1. The third-order valence-electron chi connectivity index (χ3n) is 2.04. The molecular formula is C11H8BrClFNS. The minimum atomic E-state index is -0.332. The Hall–Kier alpha value is -0.580. The lowest BCUT2D eigenvalue weighted by molar-refractivity contribution is 0.630. The van der Waals surface area contributed by atoms with Crippen LogP contribution in [-0.4, -0.2) is 0 Å². The van der Waals surface area contributed by atoms with Gasteiger partial charge >= 0.3 is 0 Å². The number of anilines is 1. The number of hydrogen-bond acceptors (Lipinski definition) is 2. The monoisotopic (exact) mass is 319 g/mol. The van der Waals surface area contributed by atoms with Crippen molar-refractivity contribution in [2.45, 2.75) is 6.54 Å². The molecule has 0 bridgehead atoms. The summed E-state index contributed by atoms with van der Waals surface area (Å²) in [7, 11) is 0. The first-order chi connectivity index (χ1) is 7.65. The van der Waals surface area contributed by atoms with Crippen molar-refractivity contribution in [1.29, 1.82) is 0 Å². The van der Waals surface area contributed by atoms with E-state index in [4.69, 9.17) is 11.6 Å². The molecule has 1 aromatic heterocycles. The number of nitrogens with one attached hydrogen (secondary N) is 1. The number of halogens is 3. The van der Waals surface area contributed by atoms with Gasteiger partial charge < -0.3 is 5.32 Å². The number of rotatable bonds is 3. The van der Waals surface area contributed by atoms with E-state index in [9.17, 15) is 4.39 Å². The predicted molar refractivity (Wildman–Crippen MR) is 70.8 cm³/mol. The molecule has 16 heavy (non-hydrogen) atoms. The second kappa shape index (κ2) is 5.17. The van der Waals surface area contributed by atoms with Crippen LogP contribution < -0.4 is 5.32 Å². The first kappa shape index (κ1) is 11.9. The lowest BCUT2D eigenvalue weighted by Crippen LogP contribution is -2.00. The Labute approximate surface area is 110 Å². The molecule has 0 aliphatic heterocycles. The molecule has 0 saturated heterocycles. The molecule has 0 aliphatic carbocycles. The second-order valence-electron chi connectivity index (χ2n) is 3.24. The highest BCUT2D eigenvalue weighted by molar-refractivity contribution is 9.11. The fourth-order valence-corrected chi connectivity index (χ4v) is 2.64. The molecule has 84 valence electrons. The lowest BCUT2D eigenvalue weighted by Gasteiger charge is -2.06. The van der Waals surface area contributed by atoms with Gasteiger partial charge in [0.15, 0.2) is 0 Å². The normalized spacial score (nSPS) is 10.4. The fourth-order valence-electron chi connectivity index (χ4n) is 1.27. The molecule has 1 nitrogen and oxygen atoms in total. The summed E-state index contributed by atoms with van der Waals surface area (Å²) < 4.78 is 14.5.